The minimum Gasteiger partial charge on any atom is -0.481 e. The molecule has 1 aromatic rings. The highest BCUT2D eigenvalue weighted by Crippen LogP contribution is 2.38. The number of urea groups is 1. The predicted octanol–water partition coefficient (Wildman–Crippen LogP) is 1.75. The van der Waals surface area contributed by atoms with E-state index in [4.69, 9.17) is 5.11 Å². The van der Waals surface area contributed by atoms with E-state index in [0.717, 1.165) is 11.3 Å². The van der Waals surface area contributed by atoms with E-state index < -0.39 is 5.97 Å². The maximum atomic E-state index is 12.0. The Labute approximate surface area is 106 Å². The molecule has 0 aromatic heterocycles. The average Bonchev–Trinajstić information content (AvgIpc) is 2.67. The van der Waals surface area contributed by atoms with Gasteiger partial charge in [-0.15, -0.1) is 0 Å². The Bertz CT molecular complexity index is 485. The Morgan fingerprint density at radius 2 is 2.06 bits per heavy atom. The first-order chi connectivity index (χ1) is 8.50. The van der Waals surface area contributed by atoms with E-state index in [1.165, 1.54) is 4.90 Å². The largest absolute Gasteiger partial charge is 0.481 e. The fourth-order valence-electron chi connectivity index (χ4n) is 2.30. The maximum Gasteiger partial charge on any atom is 0.323 e. The molecule has 0 spiro atoms. The summed E-state index contributed by atoms with van der Waals surface area (Å²) in [4.78, 5) is 26.0. The Kier molecular flexibility index (Phi) is 3.23. The molecule has 96 valence electrons. The lowest BCUT2D eigenvalue weighted by atomic mass is 9.98. The van der Waals surface area contributed by atoms with E-state index in [1.807, 2.05) is 24.3 Å². The number of aliphatic carboxylic acids is 1. The van der Waals surface area contributed by atoms with Crippen LogP contribution in [0.15, 0.2) is 24.3 Å². The normalized spacial score (nSPS) is 17.4. The number of hydrogen-bond donors (Lipinski definition) is 1. The van der Waals surface area contributed by atoms with Gasteiger partial charge in [-0.1, -0.05) is 18.2 Å². The SMILES string of the molecule is CN(C)C(=O)N1CC(CC(=O)O)c2ccccc21. The van der Waals surface area contributed by atoms with E-state index in [1.54, 1.807) is 19.0 Å². The van der Waals surface area contributed by atoms with Crippen molar-refractivity contribution in [1.82, 2.24) is 4.90 Å². The molecule has 1 aliphatic rings. The zero-order valence-corrected chi connectivity index (χ0v) is 10.5. The highest BCUT2D eigenvalue weighted by atomic mass is 16.4. The van der Waals surface area contributed by atoms with Crippen LogP contribution in [-0.4, -0.2) is 42.6 Å². The van der Waals surface area contributed by atoms with Crippen LogP contribution in [0.2, 0.25) is 0 Å². The van der Waals surface area contributed by atoms with Gasteiger partial charge in [0.1, 0.15) is 0 Å². The summed E-state index contributed by atoms with van der Waals surface area (Å²) >= 11 is 0. The molecule has 18 heavy (non-hydrogen) atoms. The standard InChI is InChI=1S/C13H16N2O3/c1-14(2)13(18)15-8-9(7-12(16)17)10-5-3-4-6-11(10)15/h3-6,9H,7-8H2,1-2H3,(H,16,17). The summed E-state index contributed by atoms with van der Waals surface area (Å²) in [5.41, 5.74) is 1.76. The molecular formula is C13H16N2O3. The quantitative estimate of drug-likeness (QED) is 0.867. The number of para-hydroxylation sites is 1. The number of amides is 2. The van der Waals surface area contributed by atoms with Crippen LogP contribution >= 0.6 is 0 Å². The van der Waals surface area contributed by atoms with Crippen molar-refractivity contribution in [3.8, 4) is 0 Å². The number of fused-ring (bicyclic) bond motifs is 1. The fourth-order valence-corrected chi connectivity index (χ4v) is 2.30. The molecule has 0 aliphatic carbocycles. The highest BCUT2D eigenvalue weighted by Gasteiger charge is 2.33. The number of carbonyl (C=O) groups excluding carboxylic acids is 1. The Morgan fingerprint density at radius 1 is 1.39 bits per heavy atom. The molecule has 5 heteroatoms. The number of nitrogens with zero attached hydrogens (tertiary/aromatic N) is 2. The molecule has 1 heterocycles. The molecule has 2 rings (SSSR count). The number of benzene rings is 1. The van der Waals surface area contributed by atoms with Crippen LogP contribution < -0.4 is 4.90 Å². The molecule has 1 aromatic carbocycles. The summed E-state index contributed by atoms with van der Waals surface area (Å²) < 4.78 is 0. The molecule has 0 saturated carbocycles. The molecule has 0 fully saturated rings. The first-order valence-electron chi connectivity index (χ1n) is 5.80. The summed E-state index contributed by atoms with van der Waals surface area (Å²) in [7, 11) is 3.38. The molecule has 1 atom stereocenters. The summed E-state index contributed by atoms with van der Waals surface area (Å²) in [6.07, 6.45) is 0.0498. The number of hydrogen-bond acceptors (Lipinski definition) is 2. The molecule has 1 aliphatic heterocycles. The summed E-state index contributed by atoms with van der Waals surface area (Å²) in [6, 6.07) is 7.37. The molecule has 2 amide bonds. The van der Waals surface area contributed by atoms with Crippen LogP contribution in [0.25, 0.3) is 0 Å². The van der Waals surface area contributed by atoms with Crippen LogP contribution in [0.3, 0.4) is 0 Å². The molecule has 1 unspecified atom stereocenters. The summed E-state index contributed by atoms with van der Waals surface area (Å²) in [5.74, 6) is -0.962. The average molecular weight is 248 g/mol. The Balaban J connectivity index is 2.33. The second-order valence-electron chi connectivity index (χ2n) is 4.64. The number of rotatable bonds is 2. The Morgan fingerprint density at radius 3 is 2.67 bits per heavy atom. The van der Waals surface area contributed by atoms with E-state index in [2.05, 4.69) is 0 Å². The third-order valence-corrected chi connectivity index (χ3v) is 3.10. The van der Waals surface area contributed by atoms with Gasteiger partial charge in [0.15, 0.2) is 0 Å². The van der Waals surface area contributed by atoms with Crippen LogP contribution in [-0.2, 0) is 4.79 Å². The van der Waals surface area contributed by atoms with Crippen molar-refractivity contribution >= 4 is 17.7 Å². The molecule has 0 saturated heterocycles. The number of anilines is 1. The fraction of sp³-hybridized carbons (Fsp3) is 0.385. The van der Waals surface area contributed by atoms with Crippen LogP contribution in [0.5, 0.6) is 0 Å². The minimum absolute atomic E-state index is 0.0498. The van der Waals surface area contributed by atoms with Gasteiger partial charge >= 0.3 is 12.0 Å². The monoisotopic (exact) mass is 248 g/mol. The van der Waals surface area contributed by atoms with Crippen LogP contribution in [0.4, 0.5) is 10.5 Å². The van der Waals surface area contributed by atoms with Crippen molar-refractivity contribution in [2.75, 3.05) is 25.5 Å². The van der Waals surface area contributed by atoms with Gasteiger partial charge in [-0.25, -0.2) is 4.79 Å². The lowest BCUT2D eigenvalue weighted by molar-refractivity contribution is -0.137. The van der Waals surface area contributed by atoms with Gasteiger partial charge in [-0.3, -0.25) is 9.69 Å². The summed E-state index contributed by atoms with van der Waals surface area (Å²) in [5, 5.41) is 8.92. The zero-order valence-electron chi connectivity index (χ0n) is 10.5. The van der Waals surface area contributed by atoms with Crippen molar-refractivity contribution in [2.45, 2.75) is 12.3 Å². The topological polar surface area (TPSA) is 60.9 Å². The molecular weight excluding hydrogens is 232 g/mol. The van der Waals surface area contributed by atoms with Gasteiger partial charge in [0.05, 0.1) is 6.42 Å². The number of carboxylic acid groups (broad SMARTS) is 1. The molecule has 5 nitrogen and oxygen atoms in total. The van der Waals surface area contributed by atoms with E-state index in [0.29, 0.717) is 6.54 Å². The molecule has 1 N–H and O–H groups in total. The van der Waals surface area contributed by atoms with Gasteiger partial charge in [-0.2, -0.15) is 0 Å². The van der Waals surface area contributed by atoms with Gasteiger partial charge in [-0.05, 0) is 11.6 Å². The zero-order chi connectivity index (χ0) is 13.3. The van der Waals surface area contributed by atoms with Crippen LogP contribution in [0.1, 0.15) is 17.9 Å². The smallest absolute Gasteiger partial charge is 0.323 e. The van der Waals surface area contributed by atoms with Crippen molar-refractivity contribution in [2.24, 2.45) is 0 Å². The highest BCUT2D eigenvalue weighted by molar-refractivity contribution is 5.94. The Hall–Kier alpha value is -2.04. The van der Waals surface area contributed by atoms with Crippen molar-refractivity contribution in [3.63, 3.8) is 0 Å². The van der Waals surface area contributed by atoms with Crippen molar-refractivity contribution in [3.05, 3.63) is 29.8 Å². The summed E-state index contributed by atoms with van der Waals surface area (Å²) in [6.45, 7) is 0.433. The van der Waals surface area contributed by atoms with Gasteiger partial charge in [0.2, 0.25) is 0 Å². The van der Waals surface area contributed by atoms with Gasteiger partial charge in [0, 0.05) is 32.2 Å². The van der Waals surface area contributed by atoms with E-state index >= 15 is 0 Å². The lowest BCUT2D eigenvalue weighted by Crippen LogP contribution is -2.38. The van der Waals surface area contributed by atoms with Gasteiger partial charge in [0.25, 0.3) is 0 Å². The second-order valence-corrected chi connectivity index (χ2v) is 4.64. The lowest BCUT2D eigenvalue weighted by Gasteiger charge is -2.22. The molecule has 0 radical (unpaired) electrons. The van der Waals surface area contributed by atoms with E-state index in [9.17, 15) is 9.59 Å². The second kappa shape index (κ2) is 4.68. The minimum atomic E-state index is -0.839. The molecule has 0 bridgehead atoms. The third kappa shape index (κ3) is 2.16. The first-order valence-corrected chi connectivity index (χ1v) is 5.80. The van der Waals surface area contributed by atoms with Gasteiger partial charge < -0.3 is 10.0 Å². The van der Waals surface area contributed by atoms with Crippen molar-refractivity contribution < 1.29 is 14.7 Å². The predicted molar refractivity (Wildman–Crippen MR) is 67.9 cm³/mol. The number of carboxylic acids is 1. The van der Waals surface area contributed by atoms with E-state index in [-0.39, 0.29) is 18.4 Å². The van der Waals surface area contributed by atoms with Crippen molar-refractivity contribution in [1.29, 1.82) is 0 Å². The third-order valence-electron chi connectivity index (χ3n) is 3.10. The number of carbonyl (C=O) groups is 2. The maximum absolute atomic E-state index is 12.0. The first kappa shape index (κ1) is 12.4. The van der Waals surface area contributed by atoms with Crippen LogP contribution in [0, 0.1) is 0 Å².